The van der Waals surface area contributed by atoms with Gasteiger partial charge in [-0.05, 0) is 60.9 Å². The van der Waals surface area contributed by atoms with Gasteiger partial charge in [0.05, 0.1) is 13.2 Å². The van der Waals surface area contributed by atoms with Crippen molar-refractivity contribution in [1.82, 2.24) is 0 Å². The number of carbonyl (C=O) groups excluding carboxylic acids is 1. The summed E-state index contributed by atoms with van der Waals surface area (Å²) in [7, 11) is -1.88. The highest BCUT2D eigenvalue weighted by Crippen LogP contribution is 2.38. The van der Waals surface area contributed by atoms with Gasteiger partial charge in [-0.1, -0.05) is 20.8 Å². The first-order chi connectivity index (χ1) is 10.8. The maximum atomic E-state index is 11.8. The van der Waals surface area contributed by atoms with Crippen LogP contribution < -0.4 is 0 Å². The van der Waals surface area contributed by atoms with Gasteiger partial charge in [0.25, 0.3) is 0 Å². The van der Waals surface area contributed by atoms with Crippen molar-refractivity contribution in [1.29, 1.82) is 0 Å². The van der Waals surface area contributed by atoms with E-state index in [0.717, 1.165) is 0 Å². The van der Waals surface area contributed by atoms with E-state index in [9.17, 15) is 4.79 Å². The molecular weight excluding hydrogens is 392 g/mol. The summed E-state index contributed by atoms with van der Waals surface area (Å²) >= 11 is 3.26. The monoisotopic (exact) mass is 422 g/mol. The Hall–Kier alpha value is -0.213. The lowest BCUT2D eigenvalue weighted by atomic mass is 10.2. The Morgan fingerprint density at radius 3 is 2.38 bits per heavy atom. The number of hydrogen-bond acceptors (Lipinski definition) is 5. The van der Waals surface area contributed by atoms with E-state index in [0.29, 0.717) is 17.7 Å². The summed E-state index contributed by atoms with van der Waals surface area (Å²) in [5, 5.41) is 0.124. The molecule has 0 radical (unpaired) electrons. The van der Waals surface area contributed by atoms with Gasteiger partial charge in [0, 0.05) is 0 Å². The molecule has 0 unspecified atom stereocenters. The van der Waals surface area contributed by atoms with Crippen molar-refractivity contribution >= 4 is 30.2 Å². The number of hydrogen-bond donors (Lipinski definition) is 0. The Morgan fingerprint density at radius 2 is 1.88 bits per heavy atom. The standard InChI is InChI=1S/C17H31BrO5Si/c1-9-20-15(19)12(18)10-13-14(23-17(5,6)22-13)11-21-24(7,8)16(2,3)4/h10,13-14H,9,11H2,1-8H3/b12-10+/t13-,14-/m0/s1. The minimum Gasteiger partial charge on any atom is -0.462 e. The molecule has 1 aliphatic rings. The van der Waals surface area contributed by atoms with Crippen molar-refractivity contribution in [3.8, 4) is 0 Å². The number of ether oxygens (including phenoxy) is 3. The molecule has 0 spiro atoms. The fraction of sp³-hybridized carbons (Fsp3) is 0.824. The zero-order valence-corrected chi connectivity index (χ0v) is 18.7. The van der Waals surface area contributed by atoms with Gasteiger partial charge >= 0.3 is 5.97 Å². The molecule has 1 aliphatic heterocycles. The summed E-state index contributed by atoms with van der Waals surface area (Å²) in [6.45, 7) is 17.2. The van der Waals surface area contributed by atoms with Gasteiger partial charge in [0.2, 0.25) is 0 Å². The minimum atomic E-state index is -1.88. The topological polar surface area (TPSA) is 54.0 Å². The highest BCUT2D eigenvalue weighted by molar-refractivity contribution is 9.12. The zero-order chi connectivity index (χ0) is 18.8. The van der Waals surface area contributed by atoms with Gasteiger partial charge in [0.15, 0.2) is 14.1 Å². The van der Waals surface area contributed by atoms with Crippen molar-refractivity contribution in [2.75, 3.05) is 13.2 Å². The van der Waals surface area contributed by atoms with E-state index in [2.05, 4.69) is 49.8 Å². The third kappa shape index (κ3) is 5.95. The number of halogens is 1. The molecule has 0 bridgehead atoms. The first kappa shape index (κ1) is 21.8. The number of carbonyl (C=O) groups is 1. The Bertz CT molecular complexity index is 482. The van der Waals surface area contributed by atoms with Crippen LogP contribution in [0.1, 0.15) is 41.5 Å². The maximum absolute atomic E-state index is 11.8. The second-order valence-electron chi connectivity index (χ2n) is 7.94. The lowest BCUT2D eigenvalue weighted by Gasteiger charge is -2.37. The highest BCUT2D eigenvalue weighted by atomic mass is 79.9. The Labute approximate surface area is 155 Å². The fourth-order valence-electron chi connectivity index (χ4n) is 2.05. The third-order valence-electron chi connectivity index (χ3n) is 4.42. The quantitative estimate of drug-likeness (QED) is 0.361. The van der Waals surface area contributed by atoms with Gasteiger partial charge in [-0.25, -0.2) is 4.79 Å². The van der Waals surface area contributed by atoms with E-state index in [1.165, 1.54) is 0 Å². The average molecular weight is 423 g/mol. The van der Waals surface area contributed by atoms with Crippen LogP contribution in [0.25, 0.3) is 0 Å². The fourth-order valence-corrected chi connectivity index (χ4v) is 3.44. The summed E-state index contributed by atoms with van der Waals surface area (Å²) in [5.41, 5.74) is 0. The lowest BCUT2D eigenvalue weighted by molar-refractivity contribution is -0.146. The Balaban J connectivity index is 2.84. The van der Waals surface area contributed by atoms with Crippen molar-refractivity contribution in [2.24, 2.45) is 0 Å². The van der Waals surface area contributed by atoms with Crippen LogP contribution in [0.5, 0.6) is 0 Å². The Kier molecular flexibility index (Phi) is 7.27. The van der Waals surface area contributed by atoms with Gasteiger partial charge in [-0.15, -0.1) is 0 Å². The normalized spacial score (nSPS) is 25.0. The molecule has 1 rings (SSSR count). The van der Waals surface area contributed by atoms with E-state index < -0.39 is 20.1 Å². The molecule has 1 fully saturated rings. The van der Waals surface area contributed by atoms with Gasteiger partial charge in [0.1, 0.15) is 16.7 Å². The first-order valence-electron chi connectivity index (χ1n) is 8.33. The molecule has 140 valence electrons. The molecule has 0 N–H and O–H groups in total. The second kappa shape index (κ2) is 7.99. The molecule has 0 aromatic carbocycles. The first-order valence-corrected chi connectivity index (χ1v) is 12.0. The molecule has 1 saturated heterocycles. The average Bonchev–Trinajstić information content (AvgIpc) is 2.69. The molecule has 7 heteroatoms. The van der Waals surface area contributed by atoms with Crippen LogP contribution >= 0.6 is 15.9 Å². The van der Waals surface area contributed by atoms with Gasteiger partial charge in [-0.2, -0.15) is 0 Å². The minimum absolute atomic E-state index is 0.124. The predicted molar refractivity (Wildman–Crippen MR) is 101 cm³/mol. The summed E-state index contributed by atoms with van der Waals surface area (Å²) in [6.07, 6.45) is 1.06. The van der Waals surface area contributed by atoms with Crippen molar-refractivity contribution in [3.05, 3.63) is 10.6 Å². The third-order valence-corrected chi connectivity index (χ3v) is 9.51. The van der Waals surface area contributed by atoms with Crippen molar-refractivity contribution in [3.63, 3.8) is 0 Å². The van der Waals surface area contributed by atoms with E-state index in [-0.39, 0.29) is 17.2 Å². The smallest absolute Gasteiger partial charge is 0.344 e. The van der Waals surface area contributed by atoms with E-state index in [4.69, 9.17) is 18.6 Å². The molecule has 0 aromatic rings. The van der Waals surface area contributed by atoms with Crippen LogP contribution in [0.3, 0.4) is 0 Å². The van der Waals surface area contributed by atoms with Crippen LogP contribution in [0.2, 0.25) is 18.1 Å². The summed E-state index contributed by atoms with van der Waals surface area (Å²) in [6, 6.07) is 0. The Morgan fingerprint density at radius 1 is 1.29 bits per heavy atom. The molecule has 0 aromatic heterocycles. The van der Waals surface area contributed by atoms with Gasteiger partial charge in [-0.3, -0.25) is 0 Å². The SMILES string of the molecule is CCOC(=O)/C(Br)=C\[C@@H]1OC(C)(C)O[C@H]1CO[Si](C)(C)C(C)(C)C. The maximum Gasteiger partial charge on any atom is 0.344 e. The molecule has 5 nitrogen and oxygen atoms in total. The molecular formula is C17H31BrO5Si. The van der Waals surface area contributed by atoms with Crippen molar-refractivity contribution < 1.29 is 23.4 Å². The number of esters is 1. The van der Waals surface area contributed by atoms with Crippen molar-refractivity contribution in [2.45, 2.75) is 77.7 Å². The lowest BCUT2D eigenvalue weighted by Crippen LogP contribution is -2.44. The largest absolute Gasteiger partial charge is 0.462 e. The molecule has 1 heterocycles. The summed E-state index contributed by atoms with van der Waals surface area (Å²) in [5.74, 6) is -1.13. The zero-order valence-electron chi connectivity index (χ0n) is 16.1. The van der Waals surface area contributed by atoms with E-state index in [1.807, 2.05) is 13.8 Å². The van der Waals surface area contributed by atoms with Crippen LogP contribution in [-0.2, 0) is 23.4 Å². The highest BCUT2D eigenvalue weighted by Gasteiger charge is 2.43. The van der Waals surface area contributed by atoms with E-state index >= 15 is 0 Å². The predicted octanol–water partition coefficient (Wildman–Crippen LogP) is 4.37. The van der Waals surface area contributed by atoms with Crippen LogP contribution in [0.4, 0.5) is 0 Å². The molecule has 2 atom stereocenters. The van der Waals surface area contributed by atoms with Gasteiger partial charge < -0.3 is 18.6 Å². The molecule has 24 heavy (non-hydrogen) atoms. The van der Waals surface area contributed by atoms with Crippen LogP contribution in [-0.4, -0.2) is 45.5 Å². The molecule has 0 amide bonds. The van der Waals surface area contributed by atoms with E-state index in [1.54, 1.807) is 13.0 Å². The molecule has 0 saturated carbocycles. The second-order valence-corrected chi connectivity index (χ2v) is 13.6. The summed E-state index contributed by atoms with van der Waals surface area (Å²) < 4.78 is 23.5. The van der Waals surface area contributed by atoms with Crippen LogP contribution in [0, 0.1) is 0 Å². The summed E-state index contributed by atoms with van der Waals surface area (Å²) in [4.78, 5) is 11.8. The van der Waals surface area contributed by atoms with Crippen LogP contribution in [0.15, 0.2) is 10.6 Å². The number of rotatable bonds is 6. The molecule has 0 aliphatic carbocycles.